The van der Waals surface area contributed by atoms with Crippen LogP contribution in [0.15, 0.2) is 16.6 Å². The third kappa shape index (κ3) is 2.76. The smallest absolute Gasteiger partial charge is 0.307 e. The molecule has 2 aliphatic rings. The van der Waals surface area contributed by atoms with Crippen LogP contribution in [-0.2, 0) is 11.3 Å². The van der Waals surface area contributed by atoms with Crippen molar-refractivity contribution >= 4 is 21.9 Å². The number of halogens is 1. The van der Waals surface area contributed by atoms with E-state index in [1.165, 1.54) is 0 Å². The largest absolute Gasteiger partial charge is 0.481 e. The van der Waals surface area contributed by atoms with Gasteiger partial charge < -0.3 is 14.6 Å². The fraction of sp³-hybridized carbons (Fsp3) is 0.500. The number of nitrogens with zero attached hydrogens (tertiary/aromatic N) is 1. The lowest BCUT2D eigenvalue weighted by Crippen LogP contribution is -2.38. The Kier molecular flexibility index (Phi) is 3.85. The van der Waals surface area contributed by atoms with E-state index in [1.54, 1.807) is 0 Å². The number of aliphatic carboxylic acids is 1. The summed E-state index contributed by atoms with van der Waals surface area (Å²) in [5.74, 6) is 0.555. The van der Waals surface area contributed by atoms with Crippen molar-refractivity contribution in [2.24, 2.45) is 5.92 Å². The molecule has 108 valence electrons. The minimum absolute atomic E-state index is 0.249. The van der Waals surface area contributed by atoms with Crippen LogP contribution in [0.5, 0.6) is 11.5 Å². The number of ether oxygens (including phenoxy) is 2. The number of hydrogen-bond acceptors (Lipinski definition) is 4. The standard InChI is InChI=1S/C14H16BrNO4/c15-11-4-9(5-12-13(11)20-8-19-12)6-16-3-1-2-10(7-16)14(17)18/h4-5,10H,1-3,6-8H2,(H,17,18). The van der Waals surface area contributed by atoms with Crippen molar-refractivity contribution in [3.8, 4) is 11.5 Å². The maximum Gasteiger partial charge on any atom is 0.307 e. The van der Waals surface area contributed by atoms with Crippen LogP contribution in [0, 0.1) is 5.92 Å². The maximum absolute atomic E-state index is 11.1. The molecule has 1 aromatic rings. The monoisotopic (exact) mass is 341 g/mol. The van der Waals surface area contributed by atoms with Crippen molar-refractivity contribution in [2.45, 2.75) is 19.4 Å². The molecule has 0 amide bonds. The minimum atomic E-state index is -0.693. The zero-order valence-electron chi connectivity index (χ0n) is 11.0. The summed E-state index contributed by atoms with van der Waals surface area (Å²) in [6, 6.07) is 3.98. The van der Waals surface area contributed by atoms with E-state index in [9.17, 15) is 4.79 Å². The van der Waals surface area contributed by atoms with Crippen LogP contribution in [0.3, 0.4) is 0 Å². The number of rotatable bonds is 3. The molecule has 0 aliphatic carbocycles. The summed E-state index contributed by atoms with van der Waals surface area (Å²) in [5.41, 5.74) is 1.10. The summed E-state index contributed by atoms with van der Waals surface area (Å²) in [6.07, 6.45) is 1.71. The third-order valence-electron chi connectivity index (χ3n) is 3.75. The highest BCUT2D eigenvalue weighted by Crippen LogP contribution is 2.40. The number of likely N-dealkylation sites (tertiary alicyclic amines) is 1. The first-order valence-corrected chi connectivity index (χ1v) is 7.46. The first kappa shape index (κ1) is 13.7. The molecule has 1 fully saturated rings. The van der Waals surface area contributed by atoms with Crippen LogP contribution in [0.4, 0.5) is 0 Å². The average molecular weight is 342 g/mol. The first-order chi connectivity index (χ1) is 9.63. The zero-order chi connectivity index (χ0) is 14.1. The molecule has 0 radical (unpaired) electrons. The predicted octanol–water partition coefficient (Wildman–Crippen LogP) is 2.47. The topological polar surface area (TPSA) is 59.0 Å². The maximum atomic E-state index is 11.1. The van der Waals surface area contributed by atoms with Gasteiger partial charge in [-0.15, -0.1) is 0 Å². The molecule has 0 aromatic heterocycles. The molecule has 2 aliphatic heterocycles. The van der Waals surface area contributed by atoms with Crippen molar-refractivity contribution < 1.29 is 19.4 Å². The van der Waals surface area contributed by atoms with Gasteiger partial charge in [-0.05, 0) is 53.0 Å². The molecule has 1 atom stereocenters. The summed E-state index contributed by atoms with van der Waals surface area (Å²) in [7, 11) is 0. The fourth-order valence-electron chi connectivity index (χ4n) is 2.77. The Morgan fingerprint density at radius 3 is 3.10 bits per heavy atom. The van der Waals surface area contributed by atoms with Gasteiger partial charge in [0.25, 0.3) is 0 Å². The fourth-order valence-corrected chi connectivity index (χ4v) is 3.37. The van der Waals surface area contributed by atoms with Gasteiger partial charge in [0, 0.05) is 13.1 Å². The van der Waals surface area contributed by atoms with Gasteiger partial charge in [0.1, 0.15) is 0 Å². The second-order valence-electron chi connectivity index (χ2n) is 5.22. The molecule has 0 bridgehead atoms. The molecular weight excluding hydrogens is 326 g/mol. The molecule has 1 unspecified atom stereocenters. The van der Waals surface area contributed by atoms with Crippen LogP contribution in [0.2, 0.25) is 0 Å². The van der Waals surface area contributed by atoms with E-state index in [4.69, 9.17) is 14.6 Å². The highest BCUT2D eigenvalue weighted by molar-refractivity contribution is 9.10. The lowest BCUT2D eigenvalue weighted by atomic mass is 9.98. The number of carboxylic acid groups (broad SMARTS) is 1. The minimum Gasteiger partial charge on any atom is -0.481 e. The van der Waals surface area contributed by atoms with Gasteiger partial charge in [-0.3, -0.25) is 9.69 Å². The molecule has 1 saturated heterocycles. The Bertz CT molecular complexity index is 534. The number of carboxylic acids is 1. The third-order valence-corrected chi connectivity index (χ3v) is 4.34. The Hall–Kier alpha value is -1.27. The highest BCUT2D eigenvalue weighted by Gasteiger charge is 2.26. The van der Waals surface area contributed by atoms with E-state index >= 15 is 0 Å². The van der Waals surface area contributed by atoms with Crippen LogP contribution < -0.4 is 9.47 Å². The van der Waals surface area contributed by atoms with Gasteiger partial charge in [-0.1, -0.05) is 0 Å². The molecule has 0 saturated carbocycles. The summed E-state index contributed by atoms with van der Waals surface area (Å²) in [4.78, 5) is 13.3. The van der Waals surface area contributed by atoms with E-state index in [1.807, 2.05) is 12.1 Å². The van der Waals surface area contributed by atoms with Crippen molar-refractivity contribution in [1.82, 2.24) is 4.90 Å². The molecule has 20 heavy (non-hydrogen) atoms. The van der Waals surface area contributed by atoms with Gasteiger partial charge in [-0.2, -0.15) is 0 Å². The number of benzene rings is 1. The molecule has 1 aromatic carbocycles. The van der Waals surface area contributed by atoms with E-state index in [2.05, 4.69) is 20.8 Å². The summed E-state index contributed by atoms with van der Waals surface area (Å²) in [6.45, 7) is 2.54. The number of hydrogen-bond donors (Lipinski definition) is 1. The molecular formula is C14H16BrNO4. The lowest BCUT2D eigenvalue weighted by Gasteiger charge is -2.30. The Morgan fingerprint density at radius 1 is 1.45 bits per heavy atom. The van der Waals surface area contributed by atoms with Crippen LogP contribution in [0.25, 0.3) is 0 Å². The quantitative estimate of drug-likeness (QED) is 0.915. The second kappa shape index (κ2) is 5.61. The van der Waals surface area contributed by atoms with Crippen molar-refractivity contribution in [2.75, 3.05) is 19.9 Å². The molecule has 2 heterocycles. The van der Waals surface area contributed by atoms with Gasteiger partial charge in [0.15, 0.2) is 11.5 Å². The van der Waals surface area contributed by atoms with Crippen molar-refractivity contribution in [3.63, 3.8) is 0 Å². The van der Waals surface area contributed by atoms with E-state index in [0.717, 1.165) is 47.5 Å². The molecule has 3 rings (SSSR count). The number of fused-ring (bicyclic) bond motifs is 1. The second-order valence-corrected chi connectivity index (χ2v) is 6.08. The number of carbonyl (C=O) groups is 1. The van der Waals surface area contributed by atoms with Gasteiger partial charge >= 0.3 is 5.97 Å². The summed E-state index contributed by atoms with van der Waals surface area (Å²) < 4.78 is 11.6. The predicted molar refractivity (Wildman–Crippen MR) is 75.9 cm³/mol. The zero-order valence-corrected chi connectivity index (χ0v) is 12.6. The van der Waals surface area contributed by atoms with E-state index < -0.39 is 5.97 Å². The van der Waals surface area contributed by atoms with Gasteiger partial charge in [0.2, 0.25) is 6.79 Å². The van der Waals surface area contributed by atoms with Crippen LogP contribution >= 0.6 is 15.9 Å². The summed E-state index contributed by atoms with van der Waals surface area (Å²) >= 11 is 3.48. The number of piperidine rings is 1. The van der Waals surface area contributed by atoms with E-state index in [-0.39, 0.29) is 12.7 Å². The normalized spacial score (nSPS) is 21.9. The van der Waals surface area contributed by atoms with Crippen LogP contribution in [0.1, 0.15) is 18.4 Å². The van der Waals surface area contributed by atoms with Crippen molar-refractivity contribution in [3.05, 3.63) is 22.2 Å². The Morgan fingerprint density at radius 2 is 2.30 bits per heavy atom. The first-order valence-electron chi connectivity index (χ1n) is 6.66. The van der Waals surface area contributed by atoms with Crippen molar-refractivity contribution in [1.29, 1.82) is 0 Å². The molecule has 6 heteroatoms. The molecule has 0 spiro atoms. The van der Waals surface area contributed by atoms with E-state index in [0.29, 0.717) is 6.54 Å². The Balaban J connectivity index is 1.72. The highest BCUT2D eigenvalue weighted by atomic mass is 79.9. The lowest BCUT2D eigenvalue weighted by molar-refractivity contribution is -0.143. The SMILES string of the molecule is O=C(O)C1CCCN(Cc2cc(Br)c3c(c2)OCO3)C1. The molecule has 5 nitrogen and oxygen atoms in total. The van der Waals surface area contributed by atoms with Crippen LogP contribution in [-0.4, -0.2) is 35.9 Å². The Labute approximate surface area is 125 Å². The van der Waals surface area contributed by atoms with Gasteiger partial charge in [0.05, 0.1) is 10.4 Å². The average Bonchev–Trinajstić information content (AvgIpc) is 2.88. The summed E-state index contributed by atoms with van der Waals surface area (Å²) in [5, 5.41) is 9.12. The molecule has 1 N–H and O–H groups in total. The van der Waals surface area contributed by atoms with Gasteiger partial charge in [-0.25, -0.2) is 0 Å².